The van der Waals surface area contributed by atoms with E-state index in [9.17, 15) is 0 Å². The van der Waals surface area contributed by atoms with Crippen LogP contribution in [0.4, 0.5) is 0 Å². The van der Waals surface area contributed by atoms with Crippen LogP contribution in [0, 0.1) is 5.92 Å². The molecule has 1 heterocycles. The molecule has 0 aliphatic carbocycles. The number of aliphatic hydroxyl groups excluding tert-OH is 1. The molecule has 1 rings (SSSR count). The van der Waals surface area contributed by atoms with Gasteiger partial charge in [-0.2, -0.15) is 0 Å². The average molecular weight is 186 g/mol. The Morgan fingerprint density at radius 1 is 1.38 bits per heavy atom. The number of hydrogen-bond acceptors (Lipinski definition) is 3. The Labute approximate surface area is 81.3 Å². The molecule has 3 nitrogen and oxygen atoms in total. The van der Waals surface area contributed by atoms with Crippen molar-refractivity contribution in [2.24, 2.45) is 5.92 Å². The third kappa shape index (κ3) is 4.07. The lowest BCUT2D eigenvalue weighted by Gasteiger charge is -2.31. The zero-order chi connectivity index (χ0) is 9.68. The van der Waals surface area contributed by atoms with Crippen LogP contribution in [0.15, 0.2) is 0 Å². The number of hydrogen-bond donors (Lipinski definition) is 1. The summed E-state index contributed by atoms with van der Waals surface area (Å²) in [6.07, 6.45) is 2.62. The summed E-state index contributed by atoms with van der Waals surface area (Å²) in [6, 6.07) is 0. The van der Waals surface area contributed by atoms with E-state index in [0.29, 0.717) is 0 Å². The van der Waals surface area contributed by atoms with E-state index in [4.69, 9.17) is 5.11 Å². The summed E-state index contributed by atoms with van der Waals surface area (Å²) in [5.74, 6) is 0.841. The Bertz CT molecular complexity index is 133. The fraction of sp³-hybridized carbons (Fsp3) is 1.00. The fourth-order valence-electron chi connectivity index (χ4n) is 1.95. The van der Waals surface area contributed by atoms with Gasteiger partial charge in [-0.3, -0.25) is 0 Å². The predicted octanol–water partition coefficient (Wildman–Crippen LogP) is 0.252. The molecule has 78 valence electrons. The summed E-state index contributed by atoms with van der Waals surface area (Å²) < 4.78 is 0. The molecule has 1 fully saturated rings. The SMILES string of the molecule is CN1CCC(CN(C)CCO)CC1. The maximum absolute atomic E-state index is 8.76. The van der Waals surface area contributed by atoms with Gasteiger partial charge in [0.25, 0.3) is 0 Å². The van der Waals surface area contributed by atoms with Crippen molar-refractivity contribution in [3.8, 4) is 0 Å². The van der Waals surface area contributed by atoms with Gasteiger partial charge in [-0.05, 0) is 45.9 Å². The van der Waals surface area contributed by atoms with E-state index in [0.717, 1.165) is 19.0 Å². The molecule has 1 aliphatic rings. The molecule has 0 aromatic heterocycles. The first kappa shape index (κ1) is 11.0. The second-order valence-electron chi connectivity index (χ2n) is 4.23. The van der Waals surface area contributed by atoms with Crippen LogP contribution >= 0.6 is 0 Å². The van der Waals surface area contributed by atoms with Crippen LogP contribution in [0.1, 0.15) is 12.8 Å². The summed E-state index contributed by atoms with van der Waals surface area (Å²) in [5.41, 5.74) is 0. The number of aliphatic hydroxyl groups is 1. The normalized spacial score (nSPS) is 21.2. The minimum Gasteiger partial charge on any atom is -0.395 e. The van der Waals surface area contributed by atoms with Gasteiger partial charge < -0.3 is 14.9 Å². The lowest BCUT2D eigenvalue weighted by molar-refractivity contribution is 0.157. The Kier molecular flexibility index (Phi) is 4.70. The molecular weight excluding hydrogens is 164 g/mol. The highest BCUT2D eigenvalue weighted by Gasteiger charge is 2.17. The average Bonchev–Trinajstić information content (AvgIpc) is 2.09. The van der Waals surface area contributed by atoms with Gasteiger partial charge in [-0.1, -0.05) is 0 Å². The number of likely N-dealkylation sites (tertiary alicyclic amines) is 1. The molecular formula is C10H22N2O. The van der Waals surface area contributed by atoms with Crippen molar-refractivity contribution >= 4 is 0 Å². The fourth-order valence-corrected chi connectivity index (χ4v) is 1.95. The van der Waals surface area contributed by atoms with Gasteiger partial charge in [-0.25, -0.2) is 0 Å². The van der Waals surface area contributed by atoms with E-state index in [-0.39, 0.29) is 6.61 Å². The first-order chi connectivity index (χ1) is 6.22. The molecule has 0 radical (unpaired) electrons. The first-order valence-electron chi connectivity index (χ1n) is 5.20. The molecule has 1 N–H and O–H groups in total. The molecule has 0 bridgehead atoms. The standard InChI is InChI=1S/C10H22N2O/c1-11-5-3-10(4-6-11)9-12(2)7-8-13/h10,13H,3-9H2,1-2H3. The number of nitrogens with zero attached hydrogens (tertiary/aromatic N) is 2. The smallest absolute Gasteiger partial charge is 0.0558 e. The molecule has 0 spiro atoms. The zero-order valence-corrected chi connectivity index (χ0v) is 8.87. The highest BCUT2D eigenvalue weighted by molar-refractivity contribution is 4.72. The minimum atomic E-state index is 0.281. The van der Waals surface area contributed by atoms with E-state index < -0.39 is 0 Å². The lowest BCUT2D eigenvalue weighted by atomic mass is 9.97. The third-order valence-electron chi connectivity index (χ3n) is 2.89. The summed E-state index contributed by atoms with van der Waals surface area (Å²) in [5, 5.41) is 8.76. The molecule has 1 saturated heterocycles. The third-order valence-corrected chi connectivity index (χ3v) is 2.89. The van der Waals surface area contributed by atoms with Crippen molar-refractivity contribution in [3.05, 3.63) is 0 Å². The molecule has 0 amide bonds. The van der Waals surface area contributed by atoms with E-state index >= 15 is 0 Å². The van der Waals surface area contributed by atoms with E-state index in [2.05, 4.69) is 23.9 Å². The maximum atomic E-state index is 8.76. The second kappa shape index (κ2) is 5.58. The van der Waals surface area contributed by atoms with Gasteiger partial charge in [0.2, 0.25) is 0 Å². The molecule has 0 unspecified atom stereocenters. The van der Waals surface area contributed by atoms with Crippen LogP contribution in [-0.2, 0) is 0 Å². The van der Waals surface area contributed by atoms with Crippen molar-refractivity contribution in [1.82, 2.24) is 9.80 Å². The summed E-state index contributed by atoms with van der Waals surface area (Å²) in [4.78, 5) is 4.62. The molecule has 0 aromatic carbocycles. The van der Waals surface area contributed by atoms with Crippen molar-refractivity contribution in [2.75, 3.05) is 46.9 Å². The maximum Gasteiger partial charge on any atom is 0.0558 e. The van der Waals surface area contributed by atoms with Crippen LogP contribution in [-0.4, -0.2) is 61.8 Å². The summed E-state index contributed by atoms with van der Waals surface area (Å²) in [6.45, 7) is 4.71. The largest absolute Gasteiger partial charge is 0.395 e. The van der Waals surface area contributed by atoms with Crippen molar-refractivity contribution in [3.63, 3.8) is 0 Å². The topological polar surface area (TPSA) is 26.7 Å². The Balaban J connectivity index is 2.14. The van der Waals surface area contributed by atoms with Crippen LogP contribution in [0.2, 0.25) is 0 Å². The Morgan fingerprint density at radius 2 is 2.00 bits per heavy atom. The van der Waals surface area contributed by atoms with Crippen molar-refractivity contribution in [1.29, 1.82) is 0 Å². The number of rotatable bonds is 4. The highest BCUT2D eigenvalue weighted by atomic mass is 16.3. The van der Waals surface area contributed by atoms with Crippen LogP contribution in [0.5, 0.6) is 0 Å². The predicted molar refractivity (Wildman–Crippen MR) is 54.8 cm³/mol. The van der Waals surface area contributed by atoms with Crippen LogP contribution in [0.25, 0.3) is 0 Å². The number of likely N-dealkylation sites (N-methyl/N-ethyl adjacent to an activating group) is 1. The molecule has 0 saturated carbocycles. The van der Waals surface area contributed by atoms with Crippen molar-refractivity contribution < 1.29 is 5.11 Å². The van der Waals surface area contributed by atoms with Gasteiger partial charge in [0.15, 0.2) is 0 Å². The van der Waals surface area contributed by atoms with Crippen LogP contribution < -0.4 is 0 Å². The van der Waals surface area contributed by atoms with E-state index in [1.165, 1.54) is 25.9 Å². The van der Waals surface area contributed by atoms with E-state index in [1.54, 1.807) is 0 Å². The molecule has 1 aliphatic heterocycles. The first-order valence-corrected chi connectivity index (χ1v) is 5.20. The summed E-state index contributed by atoms with van der Waals surface area (Å²) in [7, 11) is 4.28. The monoisotopic (exact) mass is 186 g/mol. The van der Waals surface area contributed by atoms with Gasteiger partial charge in [0.1, 0.15) is 0 Å². The highest BCUT2D eigenvalue weighted by Crippen LogP contribution is 2.16. The molecule has 0 aromatic rings. The van der Waals surface area contributed by atoms with Gasteiger partial charge in [-0.15, -0.1) is 0 Å². The van der Waals surface area contributed by atoms with Gasteiger partial charge in [0, 0.05) is 13.1 Å². The second-order valence-corrected chi connectivity index (χ2v) is 4.23. The Morgan fingerprint density at radius 3 is 2.54 bits per heavy atom. The summed E-state index contributed by atoms with van der Waals surface area (Å²) >= 11 is 0. The molecule has 3 heteroatoms. The minimum absolute atomic E-state index is 0.281. The quantitative estimate of drug-likeness (QED) is 0.682. The number of piperidine rings is 1. The Hall–Kier alpha value is -0.120. The van der Waals surface area contributed by atoms with E-state index in [1.807, 2.05) is 0 Å². The van der Waals surface area contributed by atoms with Crippen molar-refractivity contribution in [2.45, 2.75) is 12.8 Å². The lowest BCUT2D eigenvalue weighted by Crippen LogP contribution is -2.36. The molecule has 0 atom stereocenters. The zero-order valence-electron chi connectivity index (χ0n) is 8.87. The molecule has 13 heavy (non-hydrogen) atoms. The van der Waals surface area contributed by atoms with Crippen LogP contribution in [0.3, 0.4) is 0 Å². The van der Waals surface area contributed by atoms with Gasteiger partial charge >= 0.3 is 0 Å². The van der Waals surface area contributed by atoms with Gasteiger partial charge in [0.05, 0.1) is 6.61 Å².